The molecule has 3 aromatic rings. The summed E-state index contributed by atoms with van der Waals surface area (Å²) < 4.78 is 0. The van der Waals surface area contributed by atoms with E-state index in [4.69, 9.17) is 46.6 Å². The Morgan fingerprint density at radius 2 is 1.56 bits per heavy atom. The molecule has 2 amide bonds. The van der Waals surface area contributed by atoms with E-state index in [0.717, 1.165) is 5.39 Å². The lowest BCUT2D eigenvalue weighted by molar-refractivity contribution is -0.116. The van der Waals surface area contributed by atoms with Crippen molar-refractivity contribution in [1.82, 2.24) is 0 Å². The van der Waals surface area contributed by atoms with Gasteiger partial charge >= 0.3 is 0 Å². The smallest absolute Gasteiger partial charge is 0.261 e. The molecule has 0 fully saturated rings. The monoisotopic (exact) mass is 481 g/mol. The van der Waals surface area contributed by atoms with Crippen molar-refractivity contribution in [2.75, 3.05) is 22.5 Å². The van der Waals surface area contributed by atoms with Gasteiger partial charge in [-0.1, -0.05) is 43.4 Å². The number of benzene rings is 3. The van der Waals surface area contributed by atoms with Crippen LogP contribution >= 0.6 is 12.2 Å². The molecule has 178 valence electrons. The summed E-state index contributed by atoms with van der Waals surface area (Å²) in [6.45, 7) is 1.75. The van der Waals surface area contributed by atoms with Crippen molar-refractivity contribution in [3.8, 4) is 5.75 Å². The molecule has 10 nitrogen and oxygen atoms in total. The third kappa shape index (κ3) is 5.84. The average molecular weight is 482 g/mol. The average Bonchev–Trinajstić information content (AvgIpc) is 2.82. The fraction of sp³-hybridized carbons (Fsp3) is 0.0870. The number of thiocarbonyl (C=S) groups is 1. The third-order valence-corrected chi connectivity index (χ3v) is 5.19. The van der Waals surface area contributed by atoms with Gasteiger partial charge in [-0.25, -0.2) is 0 Å². The summed E-state index contributed by atoms with van der Waals surface area (Å²) in [5.41, 5.74) is 35.8. The van der Waals surface area contributed by atoms with Gasteiger partial charge in [0.15, 0.2) is 0 Å². The van der Waals surface area contributed by atoms with Gasteiger partial charge in [-0.15, -0.1) is 0 Å². The highest BCUT2D eigenvalue weighted by atomic mass is 32.1. The highest BCUT2D eigenvalue weighted by Gasteiger charge is 2.14. The summed E-state index contributed by atoms with van der Waals surface area (Å²) in [5.74, 6) is -0.922. The maximum atomic E-state index is 11.3. The first-order chi connectivity index (χ1) is 16.0. The standard InChI is InChI=1S/C13H14N2O2.C10H13N5OS/c1-2-12(16)15-11-7-10(14)8-5-3-4-6-9(8)13(11)17;11-4-1-2-6(12)5(3-4)7(13)8(14)9(17)10(15)16/h3-7,17H,2,14H2,1H3,(H,15,16);1-3H,11-14H2,(H2,15,16)/b;8-7+. The van der Waals surface area contributed by atoms with Crippen LogP contribution in [0.5, 0.6) is 5.75 Å². The fourth-order valence-corrected chi connectivity index (χ4v) is 3.04. The van der Waals surface area contributed by atoms with Crippen molar-refractivity contribution in [2.24, 2.45) is 17.2 Å². The first-order valence-electron chi connectivity index (χ1n) is 10.0. The van der Waals surface area contributed by atoms with Gasteiger partial charge in [0.2, 0.25) is 5.91 Å². The Kier molecular flexibility index (Phi) is 8.24. The van der Waals surface area contributed by atoms with Crippen LogP contribution in [-0.4, -0.2) is 21.8 Å². The van der Waals surface area contributed by atoms with Gasteiger partial charge in [0.25, 0.3) is 5.91 Å². The summed E-state index contributed by atoms with van der Waals surface area (Å²) in [7, 11) is 0. The number of carbonyl (C=O) groups is 2. The molecule has 14 N–H and O–H groups in total. The van der Waals surface area contributed by atoms with Crippen LogP contribution in [0.2, 0.25) is 0 Å². The number of rotatable bonds is 5. The SMILES string of the molecule is CCC(=O)Nc1cc(N)c2ccccc2c1O.NC(=O)C(=S)/C(N)=C(\N)c1cc(N)ccc1N. The van der Waals surface area contributed by atoms with Crippen LogP contribution in [-0.2, 0) is 9.59 Å². The van der Waals surface area contributed by atoms with Gasteiger partial charge in [-0.05, 0) is 24.3 Å². The predicted molar refractivity (Wildman–Crippen MR) is 141 cm³/mol. The molecule has 3 aromatic carbocycles. The molecule has 0 saturated heterocycles. The Balaban J connectivity index is 0.000000240. The fourth-order valence-electron chi connectivity index (χ4n) is 2.93. The van der Waals surface area contributed by atoms with E-state index in [2.05, 4.69) is 5.32 Å². The van der Waals surface area contributed by atoms with Crippen molar-refractivity contribution < 1.29 is 14.7 Å². The van der Waals surface area contributed by atoms with E-state index in [0.29, 0.717) is 40.1 Å². The van der Waals surface area contributed by atoms with Crippen molar-refractivity contribution in [3.05, 3.63) is 59.8 Å². The number of amides is 2. The van der Waals surface area contributed by atoms with E-state index in [9.17, 15) is 14.7 Å². The molecular formula is C23H27N7O3S. The highest BCUT2D eigenvalue weighted by Crippen LogP contribution is 2.36. The Hall–Kier alpha value is -4.51. The lowest BCUT2D eigenvalue weighted by Gasteiger charge is -2.11. The predicted octanol–water partition coefficient (Wildman–Crippen LogP) is 1.77. The third-order valence-electron chi connectivity index (χ3n) is 4.77. The lowest BCUT2D eigenvalue weighted by atomic mass is 10.1. The minimum absolute atomic E-state index is 0.0524. The zero-order valence-corrected chi connectivity index (χ0v) is 19.3. The lowest BCUT2D eigenvalue weighted by Crippen LogP contribution is -2.28. The van der Waals surface area contributed by atoms with Crippen molar-refractivity contribution in [3.63, 3.8) is 0 Å². The van der Waals surface area contributed by atoms with E-state index < -0.39 is 5.91 Å². The van der Waals surface area contributed by atoms with Crippen LogP contribution in [0.1, 0.15) is 18.9 Å². The molecule has 11 heteroatoms. The molecule has 0 saturated carbocycles. The molecule has 0 radical (unpaired) electrons. The number of nitrogens with one attached hydrogen (secondary N) is 1. The van der Waals surface area contributed by atoms with Gasteiger partial charge in [0, 0.05) is 39.8 Å². The van der Waals surface area contributed by atoms with Crippen LogP contribution in [0, 0.1) is 0 Å². The summed E-state index contributed by atoms with van der Waals surface area (Å²) >= 11 is 4.74. The number of hydrogen-bond donors (Lipinski definition) is 8. The second-order valence-corrected chi connectivity index (χ2v) is 7.58. The number of nitrogen functional groups attached to an aromatic ring is 3. The molecule has 0 aliphatic heterocycles. The summed E-state index contributed by atoms with van der Waals surface area (Å²) in [6.07, 6.45) is 0.353. The van der Waals surface area contributed by atoms with E-state index in [1.807, 2.05) is 18.2 Å². The largest absolute Gasteiger partial charge is 0.505 e. The molecule has 34 heavy (non-hydrogen) atoms. The van der Waals surface area contributed by atoms with Crippen molar-refractivity contribution in [1.29, 1.82) is 0 Å². The summed E-state index contributed by atoms with van der Waals surface area (Å²) in [4.78, 5) is 22.0. The summed E-state index contributed by atoms with van der Waals surface area (Å²) in [5, 5.41) is 14.1. The van der Waals surface area contributed by atoms with Crippen molar-refractivity contribution >= 4 is 68.1 Å². The van der Waals surface area contributed by atoms with Crippen LogP contribution in [0.3, 0.4) is 0 Å². The molecule has 0 spiro atoms. The minimum Gasteiger partial charge on any atom is -0.505 e. The second-order valence-electron chi connectivity index (χ2n) is 7.18. The number of phenolic OH excluding ortho intramolecular Hbond substituents is 1. The van der Waals surface area contributed by atoms with Gasteiger partial charge < -0.3 is 44.8 Å². The molecule has 3 rings (SSSR count). The van der Waals surface area contributed by atoms with Gasteiger partial charge in [0.05, 0.1) is 17.1 Å². The molecule has 0 atom stereocenters. The van der Waals surface area contributed by atoms with Crippen LogP contribution in [0.25, 0.3) is 16.5 Å². The molecule has 0 unspecified atom stereocenters. The highest BCUT2D eigenvalue weighted by molar-refractivity contribution is 7.82. The Morgan fingerprint density at radius 3 is 2.15 bits per heavy atom. The number of carbonyl (C=O) groups excluding carboxylic acids is 2. The number of anilines is 4. The quantitative estimate of drug-likeness (QED) is 0.0872. The van der Waals surface area contributed by atoms with Crippen LogP contribution in [0.4, 0.5) is 22.7 Å². The number of phenols is 1. The van der Waals surface area contributed by atoms with E-state index in [1.54, 1.807) is 37.3 Å². The Bertz CT molecular complexity index is 1310. The maximum absolute atomic E-state index is 11.3. The van der Waals surface area contributed by atoms with Gasteiger partial charge in [-0.2, -0.15) is 0 Å². The first kappa shape index (κ1) is 25.7. The molecule has 0 bridgehead atoms. The van der Waals surface area contributed by atoms with E-state index in [-0.39, 0.29) is 27.9 Å². The number of fused-ring (bicyclic) bond motifs is 1. The molecule has 0 heterocycles. The zero-order valence-electron chi connectivity index (χ0n) is 18.5. The zero-order chi connectivity index (χ0) is 25.6. The van der Waals surface area contributed by atoms with E-state index in [1.165, 1.54) is 0 Å². The number of primary amides is 1. The molecule has 0 aromatic heterocycles. The molecule has 0 aliphatic carbocycles. The first-order valence-corrected chi connectivity index (χ1v) is 10.4. The number of aromatic hydroxyl groups is 1. The van der Waals surface area contributed by atoms with Gasteiger partial charge in [-0.3, -0.25) is 9.59 Å². The molecular weight excluding hydrogens is 454 g/mol. The van der Waals surface area contributed by atoms with Gasteiger partial charge in [0.1, 0.15) is 10.6 Å². The minimum atomic E-state index is -0.817. The topological polar surface area (TPSA) is 223 Å². The normalized spacial score (nSPS) is 11.1. The maximum Gasteiger partial charge on any atom is 0.261 e. The number of hydrogen-bond acceptors (Lipinski definition) is 9. The number of nitrogens with two attached hydrogens (primary N) is 6. The van der Waals surface area contributed by atoms with Crippen molar-refractivity contribution in [2.45, 2.75) is 13.3 Å². The second kappa shape index (κ2) is 10.9. The van der Waals surface area contributed by atoms with Crippen LogP contribution < -0.4 is 39.7 Å². The Morgan fingerprint density at radius 1 is 0.941 bits per heavy atom. The summed E-state index contributed by atoms with van der Waals surface area (Å²) in [6, 6.07) is 13.6. The van der Waals surface area contributed by atoms with E-state index >= 15 is 0 Å². The Labute approximate surface area is 201 Å². The molecule has 0 aliphatic rings. The van der Waals surface area contributed by atoms with Crippen LogP contribution in [0.15, 0.2) is 54.2 Å².